The van der Waals surface area contributed by atoms with Gasteiger partial charge in [-0.25, -0.2) is 4.39 Å². The molecule has 0 aromatic heterocycles. The molecule has 0 aliphatic carbocycles. The van der Waals surface area contributed by atoms with E-state index in [2.05, 4.69) is 5.32 Å². The van der Waals surface area contributed by atoms with Crippen LogP contribution in [-0.2, 0) is 22.6 Å². The van der Waals surface area contributed by atoms with Gasteiger partial charge in [0.1, 0.15) is 5.82 Å². The van der Waals surface area contributed by atoms with Gasteiger partial charge in [0, 0.05) is 30.8 Å². The minimum atomic E-state index is -0.413. The molecule has 0 unspecified atom stereocenters. The Morgan fingerprint density at radius 2 is 1.84 bits per heavy atom. The second-order valence-electron chi connectivity index (χ2n) is 6.20. The fraction of sp³-hybridized carbons (Fsp3) is 0.300. The lowest BCUT2D eigenvalue weighted by molar-refractivity contribution is -0.126. The summed E-state index contributed by atoms with van der Waals surface area (Å²) in [7, 11) is 0. The number of nitrogens with one attached hydrogen (secondary N) is 1. The highest BCUT2D eigenvalue weighted by molar-refractivity contribution is 6.00. The summed E-state index contributed by atoms with van der Waals surface area (Å²) in [5.41, 5.74) is 2.40. The van der Waals surface area contributed by atoms with Crippen molar-refractivity contribution in [3.63, 3.8) is 0 Å². The minimum Gasteiger partial charge on any atom is -0.352 e. The van der Waals surface area contributed by atoms with E-state index >= 15 is 0 Å². The molecule has 0 spiro atoms. The topological polar surface area (TPSA) is 49.4 Å². The number of hydrogen-bond acceptors (Lipinski definition) is 2. The Kier molecular flexibility index (Phi) is 5.12. The fourth-order valence-corrected chi connectivity index (χ4v) is 3.16. The molecule has 1 heterocycles. The Labute approximate surface area is 146 Å². The molecule has 2 aromatic carbocycles. The van der Waals surface area contributed by atoms with E-state index < -0.39 is 5.92 Å². The van der Waals surface area contributed by atoms with Crippen LogP contribution in [-0.4, -0.2) is 18.4 Å². The molecule has 1 fully saturated rings. The zero-order valence-corrected chi connectivity index (χ0v) is 14.2. The van der Waals surface area contributed by atoms with E-state index in [1.54, 1.807) is 23.1 Å². The number of carbonyl (C=O) groups is 2. The van der Waals surface area contributed by atoms with Crippen LogP contribution in [0.3, 0.4) is 0 Å². The maximum atomic E-state index is 13.6. The highest BCUT2D eigenvalue weighted by Crippen LogP contribution is 2.28. The van der Waals surface area contributed by atoms with Crippen LogP contribution in [0.1, 0.15) is 24.5 Å². The highest BCUT2D eigenvalue weighted by Gasteiger charge is 2.35. The molecule has 0 saturated carbocycles. The number of nitrogens with zero attached hydrogens (tertiary/aromatic N) is 1. The van der Waals surface area contributed by atoms with E-state index in [4.69, 9.17) is 0 Å². The van der Waals surface area contributed by atoms with Crippen LogP contribution in [0, 0.1) is 11.7 Å². The van der Waals surface area contributed by atoms with Crippen molar-refractivity contribution in [2.45, 2.75) is 26.3 Å². The largest absolute Gasteiger partial charge is 0.352 e. The maximum absolute atomic E-state index is 13.6. The van der Waals surface area contributed by atoms with Crippen LogP contribution >= 0.6 is 0 Å². The number of rotatable bonds is 5. The predicted octanol–water partition coefficient (Wildman–Crippen LogP) is 3.06. The first-order chi connectivity index (χ1) is 12.1. The Balaban J connectivity index is 1.66. The molecular weight excluding hydrogens is 319 g/mol. The van der Waals surface area contributed by atoms with Crippen molar-refractivity contribution in [1.29, 1.82) is 0 Å². The lowest BCUT2D eigenvalue weighted by Crippen LogP contribution is -2.33. The average molecular weight is 340 g/mol. The summed E-state index contributed by atoms with van der Waals surface area (Å²) >= 11 is 0. The van der Waals surface area contributed by atoms with Crippen molar-refractivity contribution >= 4 is 17.5 Å². The number of carbonyl (C=O) groups excluding carboxylic acids is 2. The van der Waals surface area contributed by atoms with Gasteiger partial charge in [0.15, 0.2) is 0 Å². The molecule has 2 amide bonds. The monoisotopic (exact) mass is 340 g/mol. The van der Waals surface area contributed by atoms with Gasteiger partial charge in [0.2, 0.25) is 11.8 Å². The van der Waals surface area contributed by atoms with Gasteiger partial charge < -0.3 is 10.2 Å². The SMILES string of the molecule is CCc1ccccc1N1C[C@H](C(=O)NCc2ccccc2F)CC1=O. The van der Waals surface area contributed by atoms with Gasteiger partial charge in [-0.2, -0.15) is 0 Å². The third kappa shape index (κ3) is 3.71. The molecule has 0 bridgehead atoms. The molecule has 1 N–H and O–H groups in total. The number of benzene rings is 2. The Morgan fingerprint density at radius 3 is 2.56 bits per heavy atom. The van der Waals surface area contributed by atoms with Gasteiger partial charge in [-0.1, -0.05) is 43.3 Å². The number of halogens is 1. The van der Waals surface area contributed by atoms with E-state index in [1.807, 2.05) is 31.2 Å². The van der Waals surface area contributed by atoms with Crippen molar-refractivity contribution in [1.82, 2.24) is 5.32 Å². The van der Waals surface area contributed by atoms with Crippen LogP contribution < -0.4 is 10.2 Å². The van der Waals surface area contributed by atoms with Crippen molar-refractivity contribution in [2.75, 3.05) is 11.4 Å². The molecule has 4 nitrogen and oxygen atoms in total. The summed E-state index contributed by atoms with van der Waals surface area (Å²) in [6.45, 7) is 2.53. The molecular formula is C20H21FN2O2. The smallest absolute Gasteiger partial charge is 0.227 e. The third-order valence-electron chi connectivity index (χ3n) is 4.57. The van der Waals surface area contributed by atoms with Gasteiger partial charge >= 0.3 is 0 Å². The minimum absolute atomic E-state index is 0.0491. The zero-order valence-electron chi connectivity index (χ0n) is 14.2. The number of hydrogen-bond donors (Lipinski definition) is 1. The predicted molar refractivity (Wildman–Crippen MR) is 94.5 cm³/mol. The molecule has 3 rings (SSSR count). The number of aryl methyl sites for hydroxylation is 1. The molecule has 130 valence electrons. The second kappa shape index (κ2) is 7.47. The molecule has 25 heavy (non-hydrogen) atoms. The van der Waals surface area contributed by atoms with Crippen LogP contribution in [0.2, 0.25) is 0 Å². The number of anilines is 1. The summed E-state index contributed by atoms with van der Waals surface area (Å²) in [5.74, 6) is -1.02. The summed E-state index contributed by atoms with van der Waals surface area (Å²) < 4.78 is 13.6. The quantitative estimate of drug-likeness (QED) is 0.909. The molecule has 1 aliphatic heterocycles. The van der Waals surface area contributed by atoms with E-state index in [-0.39, 0.29) is 30.6 Å². The zero-order chi connectivity index (χ0) is 17.8. The summed E-state index contributed by atoms with van der Waals surface area (Å²) in [6, 6.07) is 14.1. The van der Waals surface area contributed by atoms with E-state index in [9.17, 15) is 14.0 Å². The van der Waals surface area contributed by atoms with Crippen LogP contribution in [0.25, 0.3) is 0 Å². The molecule has 0 radical (unpaired) electrons. The maximum Gasteiger partial charge on any atom is 0.227 e. The van der Waals surface area contributed by atoms with E-state index in [0.29, 0.717) is 12.1 Å². The van der Waals surface area contributed by atoms with Crippen molar-refractivity contribution in [3.8, 4) is 0 Å². The molecule has 1 aliphatic rings. The van der Waals surface area contributed by atoms with Gasteiger partial charge in [0.05, 0.1) is 5.92 Å². The van der Waals surface area contributed by atoms with Gasteiger partial charge in [-0.3, -0.25) is 9.59 Å². The standard InChI is InChI=1S/C20H21FN2O2/c1-2-14-7-4-6-10-18(14)23-13-16(11-19(23)24)20(25)22-12-15-8-3-5-9-17(15)21/h3-10,16H,2,11-13H2,1H3,(H,22,25)/t16-/m1/s1. The summed E-state index contributed by atoms with van der Waals surface area (Å²) in [6.07, 6.45) is 1.01. The number of para-hydroxylation sites is 1. The third-order valence-corrected chi connectivity index (χ3v) is 4.57. The van der Waals surface area contributed by atoms with Gasteiger partial charge in [-0.15, -0.1) is 0 Å². The van der Waals surface area contributed by atoms with E-state index in [1.165, 1.54) is 6.07 Å². The first-order valence-electron chi connectivity index (χ1n) is 8.49. The Bertz CT molecular complexity index is 791. The molecule has 5 heteroatoms. The van der Waals surface area contributed by atoms with Gasteiger partial charge in [0.25, 0.3) is 0 Å². The van der Waals surface area contributed by atoms with Crippen molar-refractivity contribution in [2.24, 2.45) is 5.92 Å². The second-order valence-corrected chi connectivity index (χ2v) is 6.20. The first-order valence-corrected chi connectivity index (χ1v) is 8.49. The summed E-state index contributed by atoms with van der Waals surface area (Å²) in [4.78, 5) is 26.5. The van der Waals surface area contributed by atoms with Gasteiger partial charge in [-0.05, 0) is 24.1 Å². The Hall–Kier alpha value is -2.69. The van der Waals surface area contributed by atoms with Crippen LogP contribution in [0.4, 0.5) is 10.1 Å². The summed E-state index contributed by atoms with van der Waals surface area (Å²) in [5, 5.41) is 2.75. The normalized spacial score (nSPS) is 17.0. The molecule has 1 saturated heterocycles. The number of amides is 2. The highest BCUT2D eigenvalue weighted by atomic mass is 19.1. The van der Waals surface area contributed by atoms with Crippen molar-refractivity contribution in [3.05, 3.63) is 65.5 Å². The lowest BCUT2D eigenvalue weighted by atomic mass is 10.1. The van der Waals surface area contributed by atoms with Crippen LogP contribution in [0.15, 0.2) is 48.5 Å². The van der Waals surface area contributed by atoms with Crippen molar-refractivity contribution < 1.29 is 14.0 Å². The van der Waals surface area contributed by atoms with E-state index in [0.717, 1.165) is 17.7 Å². The Morgan fingerprint density at radius 1 is 1.16 bits per heavy atom. The average Bonchev–Trinajstić information content (AvgIpc) is 3.02. The fourth-order valence-electron chi connectivity index (χ4n) is 3.16. The first kappa shape index (κ1) is 17.1. The molecule has 1 atom stereocenters. The van der Waals surface area contributed by atoms with Crippen LogP contribution in [0.5, 0.6) is 0 Å². The molecule has 2 aromatic rings. The lowest BCUT2D eigenvalue weighted by Gasteiger charge is -2.20.